The standard InChI is InChI=1S/C11H9FN/c1-3-8(2)11-6-10(12)5-4-9(11)7-13/h3-6,8H,1-2H2. The summed E-state index contributed by atoms with van der Waals surface area (Å²) >= 11 is 0. The molecule has 0 aromatic heterocycles. The molecule has 0 fully saturated rings. The van der Waals surface area contributed by atoms with Crippen LogP contribution >= 0.6 is 0 Å². The van der Waals surface area contributed by atoms with Gasteiger partial charge in [0, 0.05) is 5.92 Å². The van der Waals surface area contributed by atoms with Crippen molar-refractivity contribution in [2.24, 2.45) is 0 Å². The minimum atomic E-state index is -0.357. The molecule has 1 aromatic rings. The molecule has 0 saturated carbocycles. The van der Waals surface area contributed by atoms with Crippen LogP contribution in [0.1, 0.15) is 17.0 Å². The molecule has 0 N–H and O–H groups in total. The first-order valence-electron chi connectivity index (χ1n) is 3.84. The maximum absolute atomic E-state index is 12.8. The third-order valence-electron chi connectivity index (χ3n) is 1.82. The predicted octanol–water partition coefficient (Wildman–Crippen LogP) is 2.80. The van der Waals surface area contributed by atoms with Gasteiger partial charge in [-0.1, -0.05) is 6.08 Å². The fraction of sp³-hybridized carbons (Fsp3) is 0.0909. The molecule has 65 valence electrons. The molecule has 1 aromatic carbocycles. The van der Waals surface area contributed by atoms with E-state index in [1.807, 2.05) is 6.07 Å². The highest BCUT2D eigenvalue weighted by molar-refractivity contribution is 5.42. The molecular formula is C11H9FN. The molecule has 13 heavy (non-hydrogen) atoms. The molecule has 1 unspecified atom stereocenters. The highest BCUT2D eigenvalue weighted by atomic mass is 19.1. The lowest BCUT2D eigenvalue weighted by atomic mass is 9.96. The highest BCUT2D eigenvalue weighted by Gasteiger charge is 2.08. The zero-order valence-corrected chi connectivity index (χ0v) is 7.13. The molecule has 0 amide bonds. The van der Waals surface area contributed by atoms with E-state index in [0.717, 1.165) is 0 Å². The first kappa shape index (κ1) is 9.47. The van der Waals surface area contributed by atoms with Crippen LogP contribution in [0.4, 0.5) is 4.39 Å². The van der Waals surface area contributed by atoms with E-state index in [-0.39, 0.29) is 11.7 Å². The third kappa shape index (κ3) is 1.94. The van der Waals surface area contributed by atoms with Crippen molar-refractivity contribution in [2.75, 3.05) is 0 Å². The third-order valence-corrected chi connectivity index (χ3v) is 1.82. The molecule has 0 aliphatic carbocycles. The molecule has 2 heteroatoms. The second-order valence-electron chi connectivity index (χ2n) is 2.69. The smallest absolute Gasteiger partial charge is 0.123 e. The van der Waals surface area contributed by atoms with Crippen molar-refractivity contribution in [1.29, 1.82) is 5.26 Å². The van der Waals surface area contributed by atoms with E-state index in [9.17, 15) is 4.39 Å². The maximum Gasteiger partial charge on any atom is 0.123 e. The van der Waals surface area contributed by atoms with E-state index in [1.165, 1.54) is 18.2 Å². The number of nitriles is 1. The number of hydrogen-bond acceptors (Lipinski definition) is 1. The molecule has 1 rings (SSSR count). The zero-order valence-electron chi connectivity index (χ0n) is 7.13. The Morgan fingerprint density at radius 2 is 2.23 bits per heavy atom. The van der Waals surface area contributed by atoms with E-state index in [1.54, 1.807) is 6.08 Å². The van der Waals surface area contributed by atoms with Crippen molar-refractivity contribution in [3.8, 4) is 6.07 Å². The summed E-state index contributed by atoms with van der Waals surface area (Å²) in [6.45, 7) is 7.29. The average Bonchev–Trinajstić information content (AvgIpc) is 2.16. The first-order valence-corrected chi connectivity index (χ1v) is 3.84. The van der Waals surface area contributed by atoms with Gasteiger partial charge in [-0.15, -0.1) is 6.58 Å². The summed E-state index contributed by atoms with van der Waals surface area (Å²) in [6.07, 6.45) is 1.58. The number of rotatable bonds is 2. The van der Waals surface area contributed by atoms with Gasteiger partial charge in [0.2, 0.25) is 0 Å². The lowest BCUT2D eigenvalue weighted by molar-refractivity contribution is 0.625. The van der Waals surface area contributed by atoms with Crippen LogP contribution in [0.5, 0.6) is 0 Å². The van der Waals surface area contributed by atoms with Crippen LogP contribution in [0.2, 0.25) is 0 Å². The summed E-state index contributed by atoms with van der Waals surface area (Å²) in [5.74, 6) is -0.602. The van der Waals surface area contributed by atoms with Crippen LogP contribution in [0, 0.1) is 24.1 Å². The fourth-order valence-corrected chi connectivity index (χ4v) is 1.07. The SMILES string of the molecule is [CH2]C(C=C)c1cc(F)ccc1C#N. The second-order valence-corrected chi connectivity index (χ2v) is 2.69. The van der Waals surface area contributed by atoms with E-state index in [0.29, 0.717) is 11.1 Å². The second kappa shape index (κ2) is 3.86. The molecule has 0 bridgehead atoms. The summed E-state index contributed by atoms with van der Waals surface area (Å²) in [4.78, 5) is 0. The van der Waals surface area contributed by atoms with E-state index >= 15 is 0 Å². The van der Waals surface area contributed by atoms with Crippen LogP contribution in [0.25, 0.3) is 0 Å². The normalized spacial score (nSPS) is 11.8. The topological polar surface area (TPSA) is 23.8 Å². The van der Waals surface area contributed by atoms with Gasteiger partial charge >= 0.3 is 0 Å². The van der Waals surface area contributed by atoms with Crippen LogP contribution < -0.4 is 0 Å². The number of halogens is 1. The Bertz CT molecular complexity index is 363. The number of hydrogen-bond donors (Lipinski definition) is 0. The van der Waals surface area contributed by atoms with Crippen molar-refractivity contribution >= 4 is 0 Å². The van der Waals surface area contributed by atoms with Gasteiger partial charge in [0.1, 0.15) is 5.82 Å². The highest BCUT2D eigenvalue weighted by Crippen LogP contribution is 2.20. The van der Waals surface area contributed by atoms with E-state index in [4.69, 9.17) is 5.26 Å². The Kier molecular flexibility index (Phi) is 2.81. The Hall–Kier alpha value is -1.62. The molecule has 1 atom stereocenters. The molecule has 1 nitrogen and oxygen atoms in total. The van der Waals surface area contributed by atoms with Gasteiger partial charge in [-0.25, -0.2) is 4.39 Å². The van der Waals surface area contributed by atoms with Crippen molar-refractivity contribution in [3.05, 3.63) is 54.7 Å². The van der Waals surface area contributed by atoms with Gasteiger partial charge in [-0.3, -0.25) is 0 Å². The van der Waals surface area contributed by atoms with E-state index < -0.39 is 0 Å². The minimum Gasteiger partial charge on any atom is -0.207 e. The number of benzene rings is 1. The van der Waals surface area contributed by atoms with Crippen molar-refractivity contribution in [2.45, 2.75) is 5.92 Å². The van der Waals surface area contributed by atoms with Gasteiger partial charge in [0.15, 0.2) is 0 Å². The Morgan fingerprint density at radius 3 is 2.77 bits per heavy atom. The Balaban J connectivity index is 3.25. The Labute approximate surface area is 77.1 Å². The fourth-order valence-electron chi connectivity index (χ4n) is 1.07. The maximum atomic E-state index is 12.8. The van der Waals surface area contributed by atoms with Crippen LogP contribution in [-0.4, -0.2) is 0 Å². The van der Waals surface area contributed by atoms with Gasteiger partial charge < -0.3 is 0 Å². The average molecular weight is 174 g/mol. The summed E-state index contributed by atoms with van der Waals surface area (Å²) in [5, 5.41) is 8.72. The first-order chi connectivity index (χ1) is 6.19. The van der Waals surface area contributed by atoms with Gasteiger partial charge in [-0.2, -0.15) is 5.26 Å². The summed E-state index contributed by atoms with van der Waals surface area (Å²) in [5.41, 5.74) is 1.03. The molecule has 0 spiro atoms. The van der Waals surface area contributed by atoms with Crippen LogP contribution in [0.3, 0.4) is 0 Å². The lowest BCUT2D eigenvalue weighted by Gasteiger charge is -2.07. The molecular weight excluding hydrogens is 165 g/mol. The van der Waals surface area contributed by atoms with Crippen molar-refractivity contribution in [1.82, 2.24) is 0 Å². The summed E-state index contributed by atoms with van der Waals surface area (Å²) in [7, 11) is 0. The van der Waals surface area contributed by atoms with Crippen LogP contribution in [-0.2, 0) is 0 Å². The predicted molar refractivity (Wildman–Crippen MR) is 49.4 cm³/mol. The van der Waals surface area contributed by atoms with Crippen LogP contribution in [0.15, 0.2) is 30.9 Å². The summed E-state index contributed by atoms with van der Waals surface area (Å²) < 4.78 is 12.8. The molecule has 0 aliphatic rings. The van der Waals surface area contributed by atoms with E-state index in [2.05, 4.69) is 13.5 Å². The Morgan fingerprint density at radius 1 is 1.54 bits per heavy atom. The van der Waals surface area contributed by atoms with Gasteiger partial charge in [0.25, 0.3) is 0 Å². The lowest BCUT2D eigenvalue weighted by Crippen LogP contribution is -1.94. The van der Waals surface area contributed by atoms with Crippen molar-refractivity contribution in [3.63, 3.8) is 0 Å². The molecule has 0 aliphatic heterocycles. The summed E-state index contributed by atoms with van der Waals surface area (Å²) in [6, 6.07) is 6.01. The monoisotopic (exact) mass is 174 g/mol. The van der Waals surface area contributed by atoms with Gasteiger partial charge in [-0.05, 0) is 30.7 Å². The number of allylic oxidation sites excluding steroid dienone is 1. The molecule has 1 radical (unpaired) electrons. The number of nitrogens with zero attached hydrogens (tertiary/aromatic N) is 1. The molecule has 0 saturated heterocycles. The largest absolute Gasteiger partial charge is 0.207 e. The minimum absolute atomic E-state index is 0.245. The molecule has 0 heterocycles. The quantitative estimate of drug-likeness (QED) is 0.632. The van der Waals surface area contributed by atoms with Gasteiger partial charge in [0.05, 0.1) is 11.6 Å². The zero-order chi connectivity index (χ0) is 9.84. The van der Waals surface area contributed by atoms with Crippen molar-refractivity contribution < 1.29 is 4.39 Å².